The third-order valence-electron chi connectivity index (χ3n) is 3.71. The first-order valence-corrected chi connectivity index (χ1v) is 7.96. The van der Waals surface area contributed by atoms with Crippen LogP contribution in [-0.2, 0) is 11.2 Å². The number of rotatable bonds is 4. The number of nitrogens with one attached hydrogen (secondary N) is 2. The number of halogens is 1. The van der Waals surface area contributed by atoms with E-state index in [-0.39, 0.29) is 24.2 Å². The number of amides is 1. The molecule has 2 N–H and O–H groups in total. The summed E-state index contributed by atoms with van der Waals surface area (Å²) in [5, 5.41) is 7.97. The monoisotopic (exact) mass is 304 g/mol. The number of para-hydroxylation sites is 1. The lowest BCUT2D eigenvalue weighted by atomic mass is 9.94. The number of fused-ring (bicyclic) bond motifs is 1. The molecular formula is C16H17FN2OS. The quantitative estimate of drug-likeness (QED) is 0.908. The first kappa shape index (κ1) is 14.2. The number of benzene rings is 1. The van der Waals surface area contributed by atoms with E-state index in [4.69, 9.17) is 0 Å². The van der Waals surface area contributed by atoms with Gasteiger partial charge in [-0.1, -0.05) is 12.1 Å². The topological polar surface area (TPSA) is 41.1 Å². The Hall–Kier alpha value is -1.72. The Kier molecular flexibility index (Phi) is 4.31. The van der Waals surface area contributed by atoms with E-state index in [0.29, 0.717) is 0 Å². The lowest BCUT2D eigenvalue weighted by Gasteiger charge is -2.23. The van der Waals surface area contributed by atoms with E-state index in [1.54, 1.807) is 29.5 Å². The molecule has 1 heterocycles. The van der Waals surface area contributed by atoms with Crippen molar-refractivity contribution in [2.24, 2.45) is 0 Å². The van der Waals surface area contributed by atoms with Crippen LogP contribution in [0.25, 0.3) is 0 Å². The number of carbonyl (C=O) groups is 1. The van der Waals surface area contributed by atoms with Crippen molar-refractivity contribution in [3.8, 4) is 0 Å². The molecule has 1 atom stereocenters. The summed E-state index contributed by atoms with van der Waals surface area (Å²) >= 11 is 1.78. The molecule has 2 aromatic rings. The molecule has 0 fully saturated rings. The van der Waals surface area contributed by atoms with Crippen molar-refractivity contribution in [1.29, 1.82) is 0 Å². The third-order valence-corrected chi connectivity index (χ3v) is 4.71. The summed E-state index contributed by atoms with van der Waals surface area (Å²) in [6, 6.07) is 8.55. The summed E-state index contributed by atoms with van der Waals surface area (Å²) in [6.45, 7) is 0.189. The van der Waals surface area contributed by atoms with Gasteiger partial charge in [0.2, 0.25) is 5.91 Å². The van der Waals surface area contributed by atoms with Crippen molar-refractivity contribution < 1.29 is 9.18 Å². The molecule has 0 aliphatic heterocycles. The van der Waals surface area contributed by atoms with Crippen LogP contribution in [-0.4, -0.2) is 12.5 Å². The number of aryl methyl sites for hydroxylation is 1. The minimum atomic E-state index is -0.413. The lowest BCUT2D eigenvalue weighted by Crippen LogP contribution is -2.32. The molecule has 21 heavy (non-hydrogen) atoms. The van der Waals surface area contributed by atoms with Gasteiger partial charge in [0.25, 0.3) is 0 Å². The highest BCUT2D eigenvalue weighted by molar-refractivity contribution is 7.10. The molecule has 1 aliphatic rings. The van der Waals surface area contributed by atoms with Crippen molar-refractivity contribution in [2.75, 3.05) is 11.9 Å². The van der Waals surface area contributed by atoms with Gasteiger partial charge >= 0.3 is 0 Å². The van der Waals surface area contributed by atoms with E-state index in [0.717, 1.165) is 19.3 Å². The van der Waals surface area contributed by atoms with Crippen LogP contribution in [0.15, 0.2) is 35.7 Å². The predicted molar refractivity (Wildman–Crippen MR) is 83.0 cm³/mol. The van der Waals surface area contributed by atoms with Gasteiger partial charge in [0, 0.05) is 10.9 Å². The number of carbonyl (C=O) groups excluding carboxylic acids is 1. The fourth-order valence-electron chi connectivity index (χ4n) is 2.67. The van der Waals surface area contributed by atoms with E-state index in [1.165, 1.54) is 16.5 Å². The van der Waals surface area contributed by atoms with Crippen LogP contribution in [0.3, 0.4) is 0 Å². The van der Waals surface area contributed by atoms with Crippen molar-refractivity contribution in [3.63, 3.8) is 0 Å². The number of hydrogen-bond donors (Lipinski definition) is 2. The zero-order chi connectivity index (χ0) is 14.7. The Morgan fingerprint density at radius 3 is 3.05 bits per heavy atom. The Balaban J connectivity index is 1.57. The number of anilines is 1. The first-order chi connectivity index (χ1) is 10.2. The van der Waals surface area contributed by atoms with Crippen LogP contribution >= 0.6 is 11.3 Å². The molecule has 0 saturated carbocycles. The molecule has 1 amide bonds. The van der Waals surface area contributed by atoms with E-state index in [1.807, 2.05) is 0 Å². The minimum Gasteiger partial charge on any atom is -0.322 e. The summed E-state index contributed by atoms with van der Waals surface area (Å²) in [4.78, 5) is 13.3. The van der Waals surface area contributed by atoms with Crippen LogP contribution in [0.5, 0.6) is 0 Å². The second-order valence-corrected chi connectivity index (χ2v) is 6.15. The zero-order valence-corrected chi connectivity index (χ0v) is 12.4. The van der Waals surface area contributed by atoms with E-state index in [9.17, 15) is 9.18 Å². The molecule has 1 unspecified atom stereocenters. The number of hydrogen-bond acceptors (Lipinski definition) is 3. The Morgan fingerprint density at radius 1 is 1.33 bits per heavy atom. The third kappa shape index (κ3) is 3.31. The SMILES string of the molecule is O=C(CNC1CCCc2sccc21)Nc1ccccc1F. The summed E-state index contributed by atoms with van der Waals surface area (Å²) in [7, 11) is 0. The van der Waals surface area contributed by atoms with Crippen LogP contribution in [0, 0.1) is 5.82 Å². The lowest BCUT2D eigenvalue weighted by molar-refractivity contribution is -0.115. The predicted octanol–water partition coefficient (Wildman–Crippen LogP) is 3.49. The summed E-state index contributed by atoms with van der Waals surface area (Å²) < 4.78 is 13.5. The zero-order valence-electron chi connectivity index (χ0n) is 11.6. The van der Waals surface area contributed by atoms with E-state index < -0.39 is 5.82 Å². The van der Waals surface area contributed by atoms with Crippen molar-refractivity contribution in [1.82, 2.24) is 5.32 Å². The highest BCUT2D eigenvalue weighted by atomic mass is 32.1. The van der Waals surface area contributed by atoms with Gasteiger partial charge in [0.15, 0.2) is 0 Å². The Morgan fingerprint density at radius 2 is 2.19 bits per heavy atom. The van der Waals surface area contributed by atoms with Gasteiger partial charge < -0.3 is 10.6 Å². The van der Waals surface area contributed by atoms with Crippen LogP contribution < -0.4 is 10.6 Å². The fourth-order valence-corrected chi connectivity index (χ4v) is 3.66. The highest BCUT2D eigenvalue weighted by Crippen LogP contribution is 2.33. The van der Waals surface area contributed by atoms with Gasteiger partial charge in [0.05, 0.1) is 12.2 Å². The largest absolute Gasteiger partial charge is 0.322 e. The van der Waals surface area contributed by atoms with Crippen LogP contribution in [0.4, 0.5) is 10.1 Å². The van der Waals surface area contributed by atoms with Crippen LogP contribution in [0.1, 0.15) is 29.3 Å². The summed E-state index contributed by atoms with van der Waals surface area (Å²) in [5.41, 5.74) is 1.54. The molecule has 3 rings (SSSR count). The van der Waals surface area contributed by atoms with Crippen molar-refractivity contribution in [3.05, 3.63) is 52.0 Å². The van der Waals surface area contributed by atoms with Gasteiger partial charge in [0.1, 0.15) is 5.82 Å². The average Bonchev–Trinajstić information content (AvgIpc) is 2.96. The summed E-state index contributed by atoms with van der Waals surface area (Å²) in [6.07, 6.45) is 3.31. The molecule has 1 aliphatic carbocycles. The fraction of sp³-hybridized carbons (Fsp3) is 0.312. The Labute approximate surface area is 127 Å². The summed E-state index contributed by atoms with van der Waals surface area (Å²) in [5.74, 6) is -0.633. The van der Waals surface area contributed by atoms with Gasteiger partial charge in [-0.2, -0.15) is 0 Å². The maximum absolute atomic E-state index is 13.5. The van der Waals surface area contributed by atoms with E-state index in [2.05, 4.69) is 22.1 Å². The van der Waals surface area contributed by atoms with Gasteiger partial charge in [-0.3, -0.25) is 4.79 Å². The maximum atomic E-state index is 13.5. The molecule has 1 aromatic heterocycles. The van der Waals surface area contributed by atoms with Crippen LogP contribution in [0.2, 0.25) is 0 Å². The first-order valence-electron chi connectivity index (χ1n) is 7.08. The molecule has 0 radical (unpaired) electrons. The second-order valence-electron chi connectivity index (χ2n) is 5.15. The molecule has 0 spiro atoms. The molecule has 0 saturated heterocycles. The molecule has 0 bridgehead atoms. The van der Waals surface area contributed by atoms with Gasteiger partial charge in [-0.05, 0) is 48.4 Å². The molecular weight excluding hydrogens is 287 g/mol. The molecule has 110 valence electrons. The van der Waals surface area contributed by atoms with Gasteiger partial charge in [-0.25, -0.2) is 4.39 Å². The smallest absolute Gasteiger partial charge is 0.238 e. The van der Waals surface area contributed by atoms with Crippen molar-refractivity contribution >= 4 is 22.9 Å². The van der Waals surface area contributed by atoms with E-state index >= 15 is 0 Å². The molecule has 5 heteroatoms. The molecule has 1 aromatic carbocycles. The number of thiophene rings is 1. The second kappa shape index (κ2) is 6.37. The maximum Gasteiger partial charge on any atom is 0.238 e. The minimum absolute atomic E-state index is 0.189. The normalized spacial score (nSPS) is 17.3. The molecule has 3 nitrogen and oxygen atoms in total. The average molecular weight is 304 g/mol. The standard InChI is InChI=1S/C16H17FN2OS/c17-12-4-1-2-5-14(12)19-16(20)10-18-13-6-3-7-15-11(13)8-9-21-15/h1-2,4-5,8-9,13,18H,3,6-7,10H2,(H,19,20). The highest BCUT2D eigenvalue weighted by Gasteiger charge is 2.21. The van der Waals surface area contributed by atoms with Gasteiger partial charge in [-0.15, -0.1) is 11.3 Å². The van der Waals surface area contributed by atoms with Crippen molar-refractivity contribution in [2.45, 2.75) is 25.3 Å². The Bertz CT molecular complexity index is 641.